The molecule has 0 spiro atoms. The van der Waals surface area contributed by atoms with E-state index in [0.717, 1.165) is 12.6 Å². The summed E-state index contributed by atoms with van der Waals surface area (Å²) in [4.78, 5) is 2.65. The van der Waals surface area contributed by atoms with Crippen molar-refractivity contribution in [3.8, 4) is 0 Å². The monoisotopic (exact) mass is 170 g/mol. The molecule has 0 aromatic carbocycles. The molecule has 2 rings (SSSR count). The van der Waals surface area contributed by atoms with Gasteiger partial charge in [0.2, 0.25) is 0 Å². The topological polar surface area (TPSA) is 15.6 Å². The van der Waals surface area contributed by atoms with E-state index >= 15 is 0 Å². The van der Waals surface area contributed by atoms with Crippen LogP contribution in [0.15, 0.2) is 4.74 Å². The second-order valence-corrected chi connectivity index (χ2v) is 4.31. The molecule has 2 heterocycles. The van der Waals surface area contributed by atoms with Crippen LogP contribution in [0.5, 0.6) is 0 Å². The standard InChI is InChI=1S/C8H15N2P/c1-2-6-10(5-1)8-3-4-9-11-7-8/h8H,1-7H2. The van der Waals surface area contributed by atoms with Crippen molar-refractivity contribution in [2.45, 2.75) is 25.3 Å². The van der Waals surface area contributed by atoms with Crippen LogP contribution < -0.4 is 0 Å². The van der Waals surface area contributed by atoms with Gasteiger partial charge in [0.05, 0.1) is 0 Å². The van der Waals surface area contributed by atoms with Crippen molar-refractivity contribution < 1.29 is 0 Å². The molecule has 1 saturated heterocycles. The smallest absolute Gasteiger partial charge is 0.0448 e. The van der Waals surface area contributed by atoms with Gasteiger partial charge in [-0.25, -0.2) is 0 Å². The molecule has 0 radical (unpaired) electrons. The molecule has 2 aliphatic heterocycles. The van der Waals surface area contributed by atoms with E-state index in [0.29, 0.717) is 0 Å². The molecule has 2 aliphatic rings. The Morgan fingerprint density at radius 2 is 2.09 bits per heavy atom. The molecule has 3 heteroatoms. The van der Waals surface area contributed by atoms with E-state index in [4.69, 9.17) is 0 Å². The Bertz CT molecular complexity index is 152. The van der Waals surface area contributed by atoms with Crippen LogP contribution >= 0.6 is 8.37 Å². The van der Waals surface area contributed by atoms with E-state index in [1.165, 1.54) is 46.9 Å². The first kappa shape index (κ1) is 7.70. The lowest BCUT2D eigenvalue weighted by Gasteiger charge is -2.27. The zero-order valence-electron chi connectivity index (χ0n) is 6.87. The molecule has 0 aromatic heterocycles. The Morgan fingerprint density at radius 3 is 2.73 bits per heavy atom. The van der Waals surface area contributed by atoms with Gasteiger partial charge in [0, 0.05) is 27.1 Å². The number of likely N-dealkylation sites (tertiary alicyclic amines) is 1. The van der Waals surface area contributed by atoms with Crippen LogP contribution in [0, 0.1) is 0 Å². The molecule has 0 N–H and O–H groups in total. The lowest BCUT2D eigenvalue weighted by molar-refractivity contribution is 0.251. The summed E-state index contributed by atoms with van der Waals surface area (Å²) in [6.07, 6.45) is 5.45. The van der Waals surface area contributed by atoms with Gasteiger partial charge in [0.1, 0.15) is 0 Å². The summed E-state index contributed by atoms with van der Waals surface area (Å²) in [5.74, 6) is 0. The maximum atomic E-state index is 4.34. The van der Waals surface area contributed by atoms with Crippen LogP contribution in [0.1, 0.15) is 19.3 Å². The highest BCUT2D eigenvalue weighted by atomic mass is 31.1. The third-order valence-electron chi connectivity index (χ3n) is 2.61. The molecule has 0 aromatic rings. The van der Waals surface area contributed by atoms with Crippen LogP contribution in [0.25, 0.3) is 0 Å². The molecular weight excluding hydrogens is 155 g/mol. The fourth-order valence-corrected chi connectivity index (χ4v) is 2.90. The first-order chi connectivity index (χ1) is 5.47. The first-order valence-corrected chi connectivity index (χ1v) is 5.57. The van der Waals surface area contributed by atoms with Gasteiger partial charge in [-0.2, -0.15) is 0 Å². The van der Waals surface area contributed by atoms with Crippen molar-refractivity contribution in [1.29, 1.82) is 0 Å². The van der Waals surface area contributed by atoms with E-state index in [9.17, 15) is 0 Å². The fourth-order valence-electron chi connectivity index (χ4n) is 1.93. The number of hydrogen-bond donors (Lipinski definition) is 0. The number of rotatable bonds is 1. The highest BCUT2D eigenvalue weighted by Gasteiger charge is 2.22. The zero-order chi connectivity index (χ0) is 7.52. The van der Waals surface area contributed by atoms with E-state index in [-0.39, 0.29) is 0 Å². The van der Waals surface area contributed by atoms with Crippen molar-refractivity contribution >= 4 is 8.37 Å². The minimum Gasteiger partial charge on any atom is -0.300 e. The van der Waals surface area contributed by atoms with Gasteiger partial charge in [-0.15, -0.1) is 0 Å². The fraction of sp³-hybridized carbons (Fsp3) is 1.00. The molecule has 0 bridgehead atoms. The quantitative estimate of drug-likeness (QED) is 0.549. The van der Waals surface area contributed by atoms with E-state index < -0.39 is 0 Å². The summed E-state index contributed by atoms with van der Waals surface area (Å²) in [5, 5.41) is 0. The SMILES string of the molecule is C1CCN(C2CCN=PC2)C1. The van der Waals surface area contributed by atoms with Gasteiger partial charge < -0.3 is 0 Å². The lowest BCUT2D eigenvalue weighted by Crippen LogP contribution is -2.35. The van der Waals surface area contributed by atoms with Crippen molar-refractivity contribution in [2.75, 3.05) is 25.8 Å². The predicted octanol–water partition coefficient (Wildman–Crippen LogP) is 1.98. The van der Waals surface area contributed by atoms with Crippen LogP contribution in [-0.4, -0.2) is 36.7 Å². The van der Waals surface area contributed by atoms with Crippen LogP contribution in [0.2, 0.25) is 0 Å². The molecule has 1 atom stereocenters. The molecule has 0 saturated carbocycles. The largest absolute Gasteiger partial charge is 0.300 e. The molecule has 1 fully saturated rings. The summed E-state index contributed by atoms with van der Waals surface area (Å²) in [7, 11) is 1.33. The Labute approximate surface area is 69.9 Å². The first-order valence-electron chi connectivity index (χ1n) is 4.54. The molecule has 0 amide bonds. The van der Waals surface area contributed by atoms with Gasteiger partial charge >= 0.3 is 0 Å². The van der Waals surface area contributed by atoms with Gasteiger partial charge in [0.25, 0.3) is 0 Å². The second kappa shape index (κ2) is 3.64. The number of nitrogens with zero attached hydrogens (tertiary/aromatic N) is 2. The molecular formula is C8H15N2P. The maximum Gasteiger partial charge on any atom is 0.0448 e. The summed E-state index contributed by atoms with van der Waals surface area (Å²) in [5.41, 5.74) is 0. The predicted molar refractivity (Wildman–Crippen MR) is 48.3 cm³/mol. The van der Waals surface area contributed by atoms with Gasteiger partial charge in [-0.3, -0.25) is 9.64 Å². The molecule has 62 valence electrons. The van der Waals surface area contributed by atoms with Crippen molar-refractivity contribution in [3.05, 3.63) is 0 Å². The molecule has 0 aliphatic carbocycles. The second-order valence-electron chi connectivity index (χ2n) is 3.37. The highest BCUT2D eigenvalue weighted by Crippen LogP contribution is 2.21. The van der Waals surface area contributed by atoms with Crippen molar-refractivity contribution in [2.24, 2.45) is 4.74 Å². The van der Waals surface area contributed by atoms with Crippen molar-refractivity contribution in [3.63, 3.8) is 0 Å². The Morgan fingerprint density at radius 1 is 1.27 bits per heavy atom. The minimum absolute atomic E-state index is 0.872. The van der Waals surface area contributed by atoms with Crippen LogP contribution in [0.3, 0.4) is 0 Å². The van der Waals surface area contributed by atoms with Gasteiger partial charge in [0.15, 0.2) is 0 Å². The average molecular weight is 170 g/mol. The van der Waals surface area contributed by atoms with E-state index in [2.05, 4.69) is 9.64 Å². The van der Waals surface area contributed by atoms with E-state index in [1.807, 2.05) is 0 Å². The Kier molecular flexibility index (Phi) is 2.55. The van der Waals surface area contributed by atoms with E-state index in [1.54, 1.807) is 0 Å². The van der Waals surface area contributed by atoms with Gasteiger partial charge in [-0.05, 0) is 32.4 Å². The summed E-state index contributed by atoms with van der Waals surface area (Å²) < 4.78 is 4.34. The minimum atomic E-state index is 0.872. The maximum absolute atomic E-state index is 4.34. The van der Waals surface area contributed by atoms with Crippen molar-refractivity contribution in [1.82, 2.24) is 4.90 Å². The lowest BCUT2D eigenvalue weighted by atomic mass is 10.2. The summed E-state index contributed by atoms with van der Waals surface area (Å²) >= 11 is 0. The van der Waals surface area contributed by atoms with Gasteiger partial charge in [-0.1, -0.05) is 0 Å². The molecule has 11 heavy (non-hydrogen) atoms. The zero-order valence-corrected chi connectivity index (χ0v) is 7.76. The third kappa shape index (κ3) is 1.80. The van der Waals surface area contributed by atoms with Crippen LogP contribution in [-0.2, 0) is 0 Å². The van der Waals surface area contributed by atoms with Crippen LogP contribution in [0.4, 0.5) is 0 Å². The number of hydrogen-bond acceptors (Lipinski definition) is 2. The summed E-state index contributed by atoms with van der Waals surface area (Å²) in [6.45, 7) is 3.79. The molecule has 2 nitrogen and oxygen atoms in total. The third-order valence-corrected chi connectivity index (χ3v) is 3.60. The average Bonchev–Trinajstić information content (AvgIpc) is 2.58. The molecule has 1 unspecified atom stereocenters. The Balaban J connectivity index is 1.88. The Hall–Kier alpha value is 0.0600. The normalized spacial score (nSPS) is 34.4. The highest BCUT2D eigenvalue weighted by molar-refractivity contribution is 7.26. The summed E-state index contributed by atoms with van der Waals surface area (Å²) in [6, 6.07) is 0.872.